The van der Waals surface area contributed by atoms with Crippen LogP contribution >= 0.6 is 0 Å². The van der Waals surface area contributed by atoms with E-state index in [1.54, 1.807) is 45.0 Å². The van der Waals surface area contributed by atoms with Gasteiger partial charge in [-0.2, -0.15) is 0 Å². The number of sulfonamides is 1. The predicted molar refractivity (Wildman–Crippen MR) is 107 cm³/mol. The van der Waals surface area contributed by atoms with Gasteiger partial charge in [0.25, 0.3) is 5.91 Å². The van der Waals surface area contributed by atoms with Gasteiger partial charge in [-0.15, -0.1) is 0 Å². The number of carbonyl (C=O) groups excluding carboxylic acids is 1. The van der Waals surface area contributed by atoms with Gasteiger partial charge in [0, 0.05) is 16.8 Å². The Balaban J connectivity index is 2.07. The smallest absolute Gasteiger partial charge is 0.255 e. The van der Waals surface area contributed by atoms with Crippen molar-refractivity contribution in [2.24, 2.45) is 0 Å². The molecule has 0 aliphatic heterocycles. The van der Waals surface area contributed by atoms with Gasteiger partial charge in [0.1, 0.15) is 5.75 Å². The summed E-state index contributed by atoms with van der Waals surface area (Å²) in [4.78, 5) is 12.5. The lowest BCUT2D eigenvalue weighted by atomic mass is 10.1. The number of ether oxygens (including phenoxy) is 1. The zero-order valence-corrected chi connectivity index (χ0v) is 17.1. The molecule has 0 saturated heterocycles. The van der Waals surface area contributed by atoms with E-state index in [0.717, 1.165) is 5.75 Å². The lowest BCUT2D eigenvalue weighted by molar-refractivity contribution is 0.102. The molecule has 27 heavy (non-hydrogen) atoms. The second kappa shape index (κ2) is 8.10. The molecule has 6 nitrogen and oxygen atoms in total. The summed E-state index contributed by atoms with van der Waals surface area (Å²) in [6.07, 6.45) is 0.0769. The molecule has 7 heteroatoms. The van der Waals surface area contributed by atoms with E-state index in [9.17, 15) is 13.2 Å². The van der Waals surface area contributed by atoms with Gasteiger partial charge in [0.05, 0.1) is 11.0 Å². The maximum absolute atomic E-state index is 12.4. The van der Waals surface area contributed by atoms with Crippen molar-refractivity contribution in [3.8, 4) is 5.75 Å². The molecule has 0 atom stereocenters. The molecule has 0 aliphatic rings. The van der Waals surface area contributed by atoms with Crippen molar-refractivity contribution in [3.63, 3.8) is 0 Å². The highest BCUT2D eigenvalue weighted by atomic mass is 32.2. The van der Waals surface area contributed by atoms with E-state index >= 15 is 0 Å². The van der Waals surface area contributed by atoms with Gasteiger partial charge in [0.15, 0.2) is 0 Å². The molecule has 0 heterocycles. The monoisotopic (exact) mass is 390 g/mol. The molecular weight excluding hydrogens is 364 g/mol. The van der Waals surface area contributed by atoms with Crippen LogP contribution in [0.4, 0.5) is 5.69 Å². The number of hydrogen-bond acceptors (Lipinski definition) is 4. The molecule has 2 N–H and O–H groups in total. The minimum absolute atomic E-state index is 0.0769. The largest absolute Gasteiger partial charge is 0.491 e. The quantitative estimate of drug-likeness (QED) is 0.786. The third kappa shape index (κ3) is 6.37. The lowest BCUT2D eigenvalue weighted by Gasteiger charge is -2.20. The summed E-state index contributed by atoms with van der Waals surface area (Å²) in [6.45, 7) is 9.19. The van der Waals surface area contributed by atoms with Crippen molar-refractivity contribution in [3.05, 3.63) is 54.1 Å². The Hall–Kier alpha value is -2.38. The van der Waals surface area contributed by atoms with Crippen molar-refractivity contribution in [2.75, 3.05) is 5.32 Å². The van der Waals surface area contributed by atoms with Crippen molar-refractivity contribution in [1.29, 1.82) is 0 Å². The molecule has 0 unspecified atom stereocenters. The fourth-order valence-electron chi connectivity index (χ4n) is 2.34. The van der Waals surface area contributed by atoms with Gasteiger partial charge in [-0.1, -0.05) is 0 Å². The summed E-state index contributed by atoms with van der Waals surface area (Å²) in [5, 5.41) is 2.78. The first-order chi connectivity index (χ1) is 12.5. The number of hydrogen-bond donors (Lipinski definition) is 2. The van der Waals surface area contributed by atoms with Crippen molar-refractivity contribution in [2.45, 2.75) is 51.2 Å². The Bertz CT molecular complexity index is 881. The lowest BCUT2D eigenvalue weighted by Crippen LogP contribution is -2.40. The van der Waals surface area contributed by atoms with Crippen molar-refractivity contribution >= 4 is 21.6 Å². The highest BCUT2D eigenvalue weighted by Crippen LogP contribution is 2.18. The molecule has 146 valence electrons. The summed E-state index contributed by atoms with van der Waals surface area (Å²) >= 11 is 0. The predicted octanol–water partition coefficient (Wildman–Crippen LogP) is 3.80. The maximum atomic E-state index is 12.4. The van der Waals surface area contributed by atoms with Crippen LogP contribution in [0.3, 0.4) is 0 Å². The minimum Gasteiger partial charge on any atom is -0.491 e. The first kappa shape index (κ1) is 20.9. The van der Waals surface area contributed by atoms with Crippen LogP contribution in [0, 0.1) is 0 Å². The average Bonchev–Trinajstić information content (AvgIpc) is 2.54. The fraction of sp³-hybridized carbons (Fsp3) is 0.350. The molecule has 2 rings (SSSR count). The average molecular weight is 391 g/mol. The maximum Gasteiger partial charge on any atom is 0.255 e. The van der Waals surface area contributed by atoms with E-state index in [1.807, 2.05) is 13.8 Å². The number of carbonyl (C=O) groups is 1. The second-order valence-electron chi connectivity index (χ2n) is 7.52. The van der Waals surface area contributed by atoms with Crippen molar-refractivity contribution < 1.29 is 17.9 Å². The Morgan fingerprint density at radius 2 is 1.52 bits per heavy atom. The van der Waals surface area contributed by atoms with Crippen LogP contribution in [-0.2, 0) is 10.0 Å². The van der Waals surface area contributed by atoms with E-state index in [1.165, 1.54) is 24.3 Å². The van der Waals surface area contributed by atoms with E-state index in [4.69, 9.17) is 4.74 Å². The number of anilines is 1. The highest BCUT2D eigenvalue weighted by Gasteiger charge is 2.22. The van der Waals surface area contributed by atoms with Gasteiger partial charge in [-0.25, -0.2) is 13.1 Å². The van der Waals surface area contributed by atoms with E-state index in [-0.39, 0.29) is 16.9 Å². The molecule has 2 aromatic rings. The standard InChI is InChI=1S/C20H26N2O4S/c1-14(2)26-17-10-8-16(9-11-17)21-19(23)15-6-12-18(13-7-15)27(24,25)22-20(3,4)5/h6-14,22H,1-5H3,(H,21,23). The van der Waals surface area contributed by atoms with Crippen LogP contribution in [0.1, 0.15) is 45.0 Å². The van der Waals surface area contributed by atoms with Crippen LogP contribution in [0.15, 0.2) is 53.4 Å². The molecule has 0 bridgehead atoms. The van der Waals surface area contributed by atoms with Crippen molar-refractivity contribution in [1.82, 2.24) is 4.72 Å². The molecule has 1 amide bonds. The summed E-state index contributed by atoms with van der Waals surface area (Å²) in [6, 6.07) is 12.9. The first-order valence-corrected chi connectivity index (χ1v) is 10.2. The topological polar surface area (TPSA) is 84.5 Å². The SMILES string of the molecule is CC(C)Oc1ccc(NC(=O)c2ccc(S(=O)(=O)NC(C)(C)C)cc2)cc1. The summed E-state index contributed by atoms with van der Waals surface area (Å²) < 4.78 is 32.8. The zero-order chi connectivity index (χ0) is 20.2. The van der Waals surface area contributed by atoms with Crippen LogP contribution in [0.2, 0.25) is 0 Å². The summed E-state index contributed by atoms with van der Waals surface area (Å²) in [7, 11) is -3.63. The highest BCUT2D eigenvalue weighted by molar-refractivity contribution is 7.89. The van der Waals surface area contributed by atoms with Gasteiger partial charge in [-0.3, -0.25) is 4.79 Å². The van der Waals surface area contributed by atoms with Gasteiger partial charge < -0.3 is 10.1 Å². The molecule has 2 aromatic carbocycles. The Labute approximate surface area is 161 Å². The second-order valence-corrected chi connectivity index (χ2v) is 9.21. The number of benzene rings is 2. The summed E-state index contributed by atoms with van der Waals surface area (Å²) in [5.74, 6) is 0.407. The number of rotatable bonds is 6. The van der Waals surface area contributed by atoms with Gasteiger partial charge >= 0.3 is 0 Å². The molecule has 0 aliphatic carbocycles. The third-order valence-corrected chi connectivity index (χ3v) is 5.13. The normalized spacial score (nSPS) is 12.1. The van der Waals surface area contributed by atoms with Crippen LogP contribution < -0.4 is 14.8 Å². The Morgan fingerprint density at radius 1 is 0.963 bits per heavy atom. The molecule has 0 fully saturated rings. The van der Waals surface area contributed by atoms with Crippen LogP contribution in [0.25, 0.3) is 0 Å². The fourth-order valence-corrected chi connectivity index (χ4v) is 3.76. The van der Waals surface area contributed by atoms with E-state index in [0.29, 0.717) is 11.3 Å². The first-order valence-electron chi connectivity index (χ1n) is 8.68. The third-order valence-electron chi connectivity index (χ3n) is 3.35. The molecule has 0 saturated carbocycles. The number of amides is 1. The van der Waals surface area contributed by atoms with Gasteiger partial charge in [-0.05, 0) is 83.1 Å². The minimum atomic E-state index is -3.63. The zero-order valence-electron chi connectivity index (χ0n) is 16.2. The molecule has 0 radical (unpaired) electrons. The van der Waals surface area contributed by atoms with E-state index in [2.05, 4.69) is 10.0 Å². The molecule has 0 spiro atoms. The van der Waals surface area contributed by atoms with Crippen LogP contribution in [-0.4, -0.2) is 26.0 Å². The number of nitrogens with one attached hydrogen (secondary N) is 2. The summed E-state index contributed by atoms with van der Waals surface area (Å²) in [5.41, 5.74) is 0.412. The molecule has 0 aromatic heterocycles. The Kier molecular flexibility index (Phi) is 6.28. The Morgan fingerprint density at radius 3 is 2.00 bits per heavy atom. The van der Waals surface area contributed by atoms with Crippen LogP contribution in [0.5, 0.6) is 5.75 Å². The van der Waals surface area contributed by atoms with Gasteiger partial charge in [0.2, 0.25) is 10.0 Å². The molecular formula is C20H26N2O4S. The van der Waals surface area contributed by atoms with E-state index < -0.39 is 15.6 Å².